The number of ether oxygens (including phenoxy) is 1. The highest BCUT2D eigenvalue weighted by atomic mass is 16.5. The summed E-state index contributed by atoms with van der Waals surface area (Å²) in [6.45, 7) is 0. The molecule has 0 heterocycles. The van der Waals surface area contributed by atoms with Crippen molar-refractivity contribution in [1.29, 1.82) is 0 Å². The smallest absolute Gasteiger partial charge is 0.318 e. The molecule has 0 aliphatic carbocycles. The van der Waals surface area contributed by atoms with E-state index in [9.17, 15) is 9.59 Å². The second-order valence-electron chi connectivity index (χ2n) is 5.78. The third-order valence-electron chi connectivity index (χ3n) is 3.79. The maximum atomic E-state index is 12.4. The Balaban J connectivity index is 1.75. The van der Waals surface area contributed by atoms with Crippen molar-refractivity contribution >= 4 is 17.6 Å². The maximum Gasteiger partial charge on any atom is 0.318 e. The topological polar surface area (TPSA) is 93.5 Å². The summed E-state index contributed by atoms with van der Waals surface area (Å²) >= 11 is 0. The number of para-hydroxylation sites is 1. The molecule has 136 valence electrons. The highest BCUT2D eigenvalue weighted by Crippen LogP contribution is 2.25. The molecule has 0 bridgehead atoms. The van der Waals surface area contributed by atoms with Crippen LogP contribution >= 0.6 is 0 Å². The first-order chi connectivity index (χ1) is 13.1. The molecule has 3 amide bonds. The largest absolute Gasteiger partial charge is 0.457 e. The van der Waals surface area contributed by atoms with Gasteiger partial charge >= 0.3 is 6.03 Å². The quantitative estimate of drug-likeness (QED) is 0.622. The van der Waals surface area contributed by atoms with Crippen LogP contribution in [0.1, 0.15) is 11.6 Å². The minimum atomic E-state index is -0.894. The molecule has 3 rings (SSSR count). The fourth-order valence-electron chi connectivity index (χ4n) is 2.55. The Labute approximate surface area is 157 Å². The molecule has 6 heteroatoms. The number of carbonyl (C=O) groups is 2. The number of nitrogens with two attached hydrogens (primary N) is 1. The van der Waals surface area contributed by atoms with Crippen molar-refractivity contribution < 1.29 is 14.3 Å². The minimum absolute atomic E-state index is 0.529. The molecule has 0 radical (unpaired) electrons. The second-order valence-corrected chi connectivity index (χ2v) is 5.78. The van der Waals surface area contributed by atoms with E-state index in [0.717, 1.165) is 5.75 Å². The summed E-state index contributed by atoms with van der Waals surface area (Å²) in [4.78, 5) is 23.4. The van der Waals surface area contributed by atoms with Crippen molar-refractivity contribution in [3.05, 3.63) is 90.5 Å². The number of imide groups is 1. The van der Waals surface area contributed by atoms with E-state index in [-0.39, 0.29) is 0 Å². The lowest BCUT2D eigenvalue weighted by Gasteiger charge is -2.19. The van der Waals surface area contributed by atoms with Gasteiger partial charge in [-0.15, -0.1) is 0 Å². The molecule has 27 heavy (non-hydrogen) atoms. The standard InChI is InChI=1S/C21H19N3O3/c22-21(26)24-20(25)19(15-7-3-1-4-8-15)23-16-11-13-18(14-12-16)27-17-9-5-2-6-10-17/h1-14,19,23H,(H3,22,24,25,26)/t19-/m1/s1. The van der Waals surface area contributed by atoms with Crippen LogP contribution in [-0.2, 0) is 4.79 Å². The molecule has 0 saturated heterocycles. The van der Waals surface area contributed by atoms with Crippen LogP contribution in [0.3, 0.4) is 0 Å². The van der Waals surface area contributed by atoms with Gasteiger partial charge in [0.15, 0.2) is 0 Å². The van der Waals surface area contributed by atoms with Crippen LogP contribution in [0.2, 0.25) is 0 Å². The summed E-state index contributed by atoms with van der Waals surface area (Å²) in [6, 6.07) is 24.0. The van der Waals surface area contributed by atoms with E-state index in [4.69, 9.17) is 10.5 Å². The van der Waals surface area contributed by atoms with Gasteiger partial charge in [0.2, 0.25) is 0 Å². The van der Waals surface area contributed by atoms with Crippen molar-refractivity contribution in [1.82, 2.24) is 5.32 Å². The zero-order chi connectivity index (χ0) is 19.1. The number of nitrogens with one attached hydrogen (secondary N) is 2. The number of carbonyl (C=O) groups excluding carboxylic acids is 2. The number of anilines is 1. The Bertz CT molecular complexity index is 897. The molecule has 3 aromatic rings. The first-order valence-electron chi connectivity index (χ1n) is 8.36. The zero-order valence-electron chi connectivity index (χ0n) is 14.5. The molecule has 0 saturated carbocycles. The van der Waals surface area contributed by atoms with E-state index < -0.39 is 18.0 Å². The van der Waals surface area contributed by atoms with Crippen LogP contribution in [0, 0.1) is 0 Å². The van der Waals surface area contributed by atoms with Gasteiger partial charge in [-0.3, -0.25) is 10.1 Å². The first-order valence-corrected chi connectivity index (χ1v) is 8.36. The van der Waals surface area contributed by atoms with Crippen LogP contribution in [-0.4, -0.2) is 11.9 Å². The number of amides is 3. The van der Waals surface area contributed by atoms with Crippen LogP contribution in [0.4, 0.5) is 10.5 Å². The summed E-state index contributed by atoms with van der Waals surface area (Å²) in [5.41, 5.74) is 6.49. The summed E-state index contributed by atoms with van der Waals surface area (Å²) in [7, 11) is 0. The molecular formula is C21H19N3O3. The summed E-state index contributed by atoms with van der Waals surface area (Å²) in [5, 5.41) is 5.23. The van der Waals surface area contributed by atoms with Crippen molar-refractivity contribution in [2.75, 3.05) is 5.32 Å². The molecule has 0 unspecified atom stereocenters. The molecule has 0 aliphatic heterocycles. The third kappa shape index (κ3) is 5.09. The molecular weight excluding hydrogens is 342 g/mol. The van der Waals surface area contributed by atoms with Crippen molar-refractivity contribution in [3.8, 4) is 11.5 Å². The highest BCUT2D eigenvalue weighted by Gasteiger charge is 2.21. The van der Waals surface area contributed by atoms with Crippen LogP contribution < -0.4 is 21.1 Å². The average Bonchev–Trinajstić information content (AvgIpc) is 2.68. The predicted molar refractivity (Wildman–Crippen MR) is 103 cm³/mol. The van der Waals surface area contributed by atoms with Crippen LogP contribution in [0.25, 0.3) is 0 Å². The summed E-state index contributed by atoms with van der Waals surface area (Å²) in [5.74, 6) is 0.879. The van der Waals surface area contributed by atoms with Crippen molar-refractivity contribution in [2.45, 2.75) is 6.04 Å². The number of benzene rings is 3. The summed E-state index contributed by atoms with van der Waals surface area (Å²) < 4.78 is 5.75. The van der Waals surface area contributed by atoms with Gasteiger partial charge in [-0.1, -0.05) is 48.5 Å². The van der Waals surface area contributed by atoms with Gasteiger partial charge in [0.05, 0.1) is 0 Å². The van der Waals surface area contributed by atoms with E-state index in [1.165, 1.54) is 0 Å². The number of urea groups is 1. The number of hydrogen-bond donors (Lipinski definition) is 3. The van der Waals surface area contributed by atoms with Crippen molar-refractivity contribution in [3.63, 3.8) is 0 Å². The van der Waals surface area contributed by atoms with Gasteiger partial charge in [0.1, 0.15) is 17.5 Å². The Morgan fingerprint density at radius 2 is 1.33 bits per heavy atom. The first kappa shape index (κ1) is 18.0. The van der Waals surface area contributed by atoms with Gasteiger partial charge in [-0.05, 0) is 42.0 Å². The lowest BCUT2D eigenvalue weighted by Crippen LogP contribution is -2.40. The van der Waals surface area contributed by atoms with Crippen LogP contribution in [0.15, 0.2) is 84.9 Å². The Kier molecular flexibility index (Phi) is 5.69. The lowest BCUT2D eigenvalue weighted by molar-refractivity contribution is -0.120. The fraction of sp³-hybridized carbons (Fsp3) is 0.0476. The number of rotatable bonds is 6. The lowest BCUT2D eigenvalue weighted by atomic mass is 10.1. The van der Waals surface area contributed by atoms with E-state index in [0.29, 0.717) is 17.0 Å². The maximum absolute atomic E-state index is 12.4. The molecule has 0 aromatic heterocycles. The molecule has 0 aliphatic rings. The molecule has 0 spiro atoms. The molecule has 3 aromatic carbocycles. The fourth-order valence-corrected chi connectivity index (χ4v) is 2.55. The highest BCUT2D eigenvalue weighted by molar-refractivity contribution is 5.98. The molecule has 0 fully saturated rings. The number of hydrogen-bond acceptors (Lipinski definition) is 4. The molecule has 1 atom stereocenters. The minimum Gasteiger partial charge on any atom is -0.457 e. The molecule has 6 nitrogen and oxygen atoms in total. The predicted octanol–water partition coefficient (Wildman–Crippen LogP) is 3.83. The Morgan fingerprint density at radius 3 is 1.93 bits per heavy atom. The van der Waals surface area contributed by atoms with E-state index in [2.05, 4.69) is 10.6 Å². The van der Waals surface area contributed by atoms with Gasteiger partial charge in [0.25, 0.3) is 5.91 Å². The van der Waals surface area contributed by atoms with Crippen molar-refractivity contribution in [2.24, 2.45) is 5.73 Å². The zero-order valence-corrected chi connectivity index (χ0v) is 14.5. The normalized spacial score (nSPS) is 11.3. The third-order valence-corrected chi connectivity index (χ3v) is 3.79. The average molecular weight is 361 g/mol. The van der Waals surface area contributed by atoms with Crippen LogP contribution in [0.5, 0.6) is 11.5 Å². The van der Waals surface area contributed by atoms with E-state index >= 15 is 0 Å². The monoisotopic (exact) mass is 361 g/mol. The van der Waals surface area contributed by atoms with E-state index in [1.807, 2.05) is 48.5 Å². The van der Waals surface area contributed by atoms with Gasteiger partial charge in [-0.25, -0.2) is 4.79 Å². The Morgan fingerprint density at radius 1 is 0.778 bits per heavy atom. The second kappa shape index (κ2) is 8.53. The van der Waals surface area contributed by atoms with Gasteiger partial charge in [-0.2, -0.15) is 0 Å². The SMILES string of the molecule is NC(=O)NC(=O)[C@H](Nc1ccc(Oc2ccccc2)cc1)c1ccccc1. The Hall–Kier alpha value is -3.80. The van der Waals surface area contributed by atoms with Gasteiger partial charge < -0.3 is 15.8 Å². The summed E-state index contributed by atoms with van der Waals surface area (Å²) in [6.07, 6.45) is 0. The van der Waals surface area contributed by atoms with Gasteiger partial charge in [0, 0.05) is 5.69 Å². The van der Waals surface area contributed by atoms with E-state index in [1.54, 1.807) is 36.4 Å². The number of primary amides is 1. The molecule has 4 N–H and O–H groups in total.